The lowest BCUT2D eigenvalue weighted by molar-refractivity contribution is 0.961. The molecule has 0 unspecified atom stereocenters. The van der Waals surface area contributed by atoms with Gasteiger partial charge in [-0.3, -0.25) is 4.57 Å². The maximum absolute atomic E-state index is 5.24. The van der Waals surface area contributed by atoms with Crippen LogP contribution in [0, 0.1) is 0 Å². The van der Waals surface area contributed by atoms with Gasteiger partial charge >= 0.3 is 0 Å². The Bertz CT molecular complexity index is 2640. The summed E-state index contributed by atoms with van der Waals surface area (Å²) < 4.78 is 7.34. The second-order valence-corrected chi connectivity index (χ2v) is 14.0. The van der Waals surface area contributed by atoms with E-state index in [0.29, 0.717) is 17.6 Å². The highest BCUT2D eigenvalue weighted by Crippen LogP contribution is 2.48. The van der Waals surface area contributed by atoms with E-state index in [1.54, 1.807) is 22.7 Å². The van der Waals surface area contributed by atoms with Gasteiger partial charge in [-0.05, 0) is 36.4 Å². The van der Waals surface area contributed by atoms with E-state index in [4.69, 9.17) is 15.0 Å². The number of aromatic nitrogens is 4. The molecular weight excluding hydrogens is 597 g/mol. The standard InChI is InChI=1S/C37H20N4S3/c1-2-10-21(11-3-1)33-38-34(22-18-19-30-26(20-22)23-12-4-7-15-27(23)42-30)40-37(39-33)41-35-31(24-13-5-8-16-28(24)43-35)32-25-14-6-9-17-29(25)44-36(32)41/h1-20H. The van der Waals surface area contributed by atoms with Crippen LogP contribution >= 0.6 is 34.0 Å². The summed E-state index contributed by atoms with van der Waals surface area (Å²) in [5.41, 5.74) is 1.95. The van der Waals surface area contributed by atoms with Crippen LogP contribution in [0.25, 0.3) is 89.5 Å². The SMILES string of the molecule is c1ccc(-c2nc(-c3ccc4sc5ccccc5c4c3)nc(-n3c4sc5ccccc5c4c4c5ccccc5sc43)n2)cc1. The zero-order valence-corrected chi connectivity index (χ0v) is 25.5. The molecule has 5 aromatic carbocycles. The van der Waals surface area contributed by atoms with Gasteiger partial charge in [0.25, 0.3) is 0 Å². The molecule has 0 spiro atoms. The third-order valence-corrected chi connectivity index (χ3v) is 11.8. The van der Waals surface area contributed by atoms with Crippen molar-refractivity contribution in [1.82, 2.24) is 19.5 Å². The number of hydrogen-bond acceptors (Lipinski definition) is 6. The summed E-state index contributed by atoms with van der Waals surface area (Å²) in [6, 6.07) is 42.8. The van der Waals surface area contributed by atoms with Gasteiger partial charge in [-0.1, -0.05) is 84.9 Å². The third kappa shape index (κ3) is 3.51. The summed E-state index contributed by atoms with van der Waals surface area (Å²) in [5, 5.41) is 7.57. The molecule has 0 aliphatic heterocycles. The van der Waals surface area contributed by atoms with Gasteiger partial charge in [0.15, 0.2) is 11.6 Å². The predicted octanol–water partition coefficient (Wildman–Crippen LogP) is 11.1. The minimum atomic E-state index is 0.641. The highest BCUT2D eigenvalue weighted by Gasteiger charge is 2.24. The Morgan fingerprint density at radius 3 is 1.59 bits per heavy atom. The number of rotatable bonds is 3. The number of fused-ring (bicyclic) bond motifs is 10. The van der Waals surface area contributed by atoms with Gasteiger partial charge in [-0.2, -0.15) is 9.97 Å². The van der Waals surface area contributed by atoms with Crippen molar-refractivity contribution in [3.8, 4) is 28.7 Å². The van der Waals surface area contributed by atoms with Crippen molar-refractivity contribution in [1.29, 1.82) is 0 Å². The van der Waals surface area contributed by atoms with Crippen molar-refractivity contribution < 1.29 is 0 Å². The van der Waals surface area contributed by atoms with Crippen molar-refractivity contribution in [2.24, 2.45) is 0 Å². The molecule has 4 nitrogen and oxygen atoms in total. The zero-order valence-electron chi connectivity index (χ0n) is 23.1. The van der Waals surface area contributed by atoms with E-state index in [9.17, 15) is 0 Å². The van der Waals surface area contributed by atoms with Gasteiger partial charge < -0.3 is 0 Å². The lowest BCUT2D eigenvalue weighted by Gasteiger charge is -2.10. The Morgan fingerprint density at radius 1 is 0.409 bits per heavy atom. The van der Waals surface area contributed by atoms with E-state index in [2.05, 4.69) is 108 Å². The summed E-state index contributed by atoms with van der Waals surface area (Å²) in [6.45, 7) is 0. The predicted molar refractivity (Wildman–Crippen MR) is 189 cm³/mol. The quantitative estimate of drug-likeness (QED) is 0.198. The minimum absolute atomic E-state index is 0.641. The number of benzene rings is 5. The first kappa shape index (κ1) is 24.5. The molecule has 0 aliphatic rings. The van der Waals surface area contributed by atoms with Crippen molar-refractivity contribution in [3.63, 3.8) is 0 Å². The summed E-state index contributed by atoms with van der Waals surface area (Å²) in [6.07, 6.45) is 0. The van der Waals surface area contributed by atoms with Gasteiger partial charge in [0, 0.05) is 62.2 Å². The minimum Gasteiger partial charge on any atom is -0.259 e. The van der Waals surface area contributed by atoms with Gasteiger partial charge in [0.05, 0.1) is 0 Å². The molecule has 0 atom stereocenters. The van der Waals surface area contributed by atoms with Crippen molar-refractivity contribution in [2.45, 2.75) is 0 Å². The largest absolute Gasteiger partial charge is 0.259 e. The normalized spacial score (nSPS) is 12.1. The highest BCUT2D eigenvalue weighted by atomic mass is 32.1. The Labute approximate surface area is 263 Å². The van der Waals surface area contributed by atoms with E-state index < -0.39 is 0 Å². The lowest BCUT2D eigenvalue weighted by atomic mass is 10.1. The van der Waals surface area contributed by atoms with Crippen LogP contribution in [0.1, 0.15) is 0 Å². The van der Waals surface area contributed by atoms with E-state index >= 15 is 0 Å². The van der Waals surface area contributed by atoms with Gasteiger partial charge in [0.2, 0.25) is 5.95 Å². The molecule has 0 N–H and O–H groups in total. The first-order valence-corrected chi connectivity index (χ1v) is 16.8. The third-order valence-electron chi connectivity index (χ3n) is 8.30. The Morgan fingerprint density at radius 2 is 0.932 bits per heavy atom. The summed E-state index contributed by atoms with van der Waals surface area (Å²) in [5.74, 6) is 1.98. The monoisotopic (exact) mass is 616 g/mol. The summed E-state index contributed by atoms with van der Waals surface area (Å²) in [7, 11) is 0. The molecule has 10 aromatic rings. The maximum Gasteiger partial charge on any atom is 0.240 e. The van der Waals surface area contributed by atoms with Crippen molar-refractivity contribution in [2.75, 3.05) is 0 Å². The van der Waals surface area contributed by atoms with Crippen LogP contribution in [0.2, 0.25) is 0 Å². The van der Waals surface area contributed by atoms with E-state index in [1.165, 1.54) is 51.1 Å². The van der Waals surface area contributed by atoms with Gasteiger partial charge in [-0.25, -0.2) is 4.98 Å². The molecular formula is C37H20N4S3. The topological polar surface area (TPSA) is 43.6 Å². The van der Waals surface area contributed by atoms with E-state index in [-0.39, 0.29) is 0 Å². The molecule has 0 fully saturated rings. The van der Waals surface area contributed by atoms with Crippen molar-refractivity contribution >= 4 is 94.8 Å². The lowest BCUT2D eigenvalue weighted by Crippen LogP contribution is -2.05. The number of thiophene rings is 3. The van der Waals surface area contributed by atoms with Crippen LogP contribution in [0.4, 0.5) is 0 Å². The Kier molecular flexibility index (Phi) is 5.16. The molecule has 0 radical (unpaired) electrons. The Balaban J connectivity index is 1.31. The van der Waals surface area contributed by atoms with Crippen LogP contribution in [-0.4, -0.2) is 19.5 Å². The summed E-state index contributed by atoms with van der Waals surface area (Å²) >= 11 is 5.42. The van der Waals surface area contributed by atoms with Gasteiger partial charge in [-0.15, -0.1) is 34.0 Å². The fraction of sp³-hybridized carbons (Fsp3) is 0. The molecule has 7 heteroatoms. The second kappa shape index (κ2) is 9.27. The molecule has 0 aliphatic carbocycles. The molecule has 5 heterocycles. The zero-order chi connectivity index (χ0) is 28.8. The van der Waals surface area contributed by atoms with Crippen LogP contribution in [0.15, 0.2) is 121 Å². The van der Waals surface area contributed by atoms with Crippen LogP contribution in [0.3, 0.4) is 0 Å². The van der Waals surface area contributed by atoms with E-state index in [1.807, 2.05) is 29.5 Å². The first-order chi connectivity index (χ1) is 21.8. The smallest absolute Gasteiger partial charge is 0.240 e. The molecule has 0 saturated heterocycles. The fourth-order valence-corrected chi connectivity index (χ4v) is 9.88. The first-order valence-electron chi connectivity index (χ1n) is 14.4. The highest BCUT2D eigenvalue weighted by molar-refractivity contribution is 7.28. The fourth-order valence-electron chi connectivity index (χ4n) is 6.31. The Hall–Kier alpha value is -4.95. The van der Waals surface area contributed by atoms with Gasteiger partial charge in [0.1, 0.15) is 9.66 Å². The molecule has 0 amide bonds. The average Bonchev–Trinajstić information content (AvgIpc) is 3.81. The number of nitrogens with zero attached hydrogens (tertiary/aromatic N) is 4. The maximum atomic E-state index is 5.24. The molecule has 0 bridgehead atoms. The average molecular weight is 617 g/mol. The molecule has 5 aromatic heterocycles. The van der Waals surface area contributed by atoms with Crippen LogP contribution in [-0.2, 0) is 0 Å². The number of hydrogen-bond donors (Lipinski definition) is 0. The van der Waals surface area contributed by atoms with Crippen LogP contribution < -0.4 is 0 Å². The van der Waals surface area contributed by atoms with Crippen LogP contribution in [0.5, 0.6) is 0 Å². The second-order valence-electron chi connectivity index (χ2n) is 10.8. The van der Waals surface area contributed by atoms with Crippen molar-refractivity contribution in [3.05, 3.63) is 121 Å². The molecule has 44 heavy (non-hydrogen) atoms. The molecule has 10 rings (SSSR count). The summed E-state index contributed by atoms with van der Waals surface area (Å²) in [4.78, 5) is 17.8. The molecule has 206 valence electrons. The van der Waals surface area contributed by atoms with E-state index in [0.717, 1.165) is 20.8 Å². The molecule has 0 saturated carbocycles.